The number of nitrogen functional groups attached to an aromatic ring is 1. The average molecular weight is 618 g/mol. The molecule has 0 saturated carbocycles. The number of rotatable bonds is 13. The number of carbonyl (C=O) groups excluding carboxylic acids is 2. The summed E-state index contributed by atoms with van der Waals surface area (Å²) in [6, 6.07) is -2.75. The van der Waals surface area contributed by atoms with Crippen LogP contribution in [-0.4, -0.2) is 86.8 Å². The zero-order valence-corrected chi connectivity index (χ0v) is 24.0. The van der Waals surface area contributed by atoms with Crippen LogP contribution in [0.5, 0.6) is 0 Å². The molecule has 2 heterocycles. The molecule has 1 aliphatic rings. The number of nitrogens with one attached hydrogen (secondary N) is 2. The molecule has 6 N–H and O–H groups in total. The van der Waals surface area contributed by atoms with Gasteiger partial charge in [0, 0.05) is 0 Å². The highest BCUT2D eigenvalue weighted by molar-refractivity contribution is 7.54. The molecular formula is C22H35F3N5O10P. The lowest BCUT2D eigenvalue weighted by Crippen LogP contribution is -2.53. The molecule has 0 aliphatic carbocycles. The van der Waals surface area contributed by atoms with Crippen LogP contribution in [0.25, 0.3) is 0 Å². The van der Waals surface area contributed by atoms with Crippen molar-refractivity contribution >= 4 is 25.4 Å². The van der Waals surface area contributed by atoms with Crippen molar-refractivity contribution in [2.24, 2.45) is 0 Å². The van der Waals surface area contributed by atoms with E-state index in [1.54, 1.807) is 27.7 Å². The normalized spacial score (nSPS) is 25.8. The molecule has 19 heteroatoms. The van der Waals surface area contributed by atoms with E-state index in [0.717, 1.165) is 0 Å². The number of ether oxygens (including phenoxy) is 3. The van der Waals surface area contributed by atoms with Gasteiger partial charge in [-0.3, -0.25) is 18.7 Å². The first-order valence-corrected chi connectivity index (χ1v) is 14.0. The number of nitrogens with zero attached hydrogens (tertiary/aromatic N) is 2. The van der Waals surface area contributed by atoms with Gasteiger partial charge < -0.3 is 34.7 Å². The number of aliphatic hydroxyl groups is 2. The third-order valence-electron chi connectivity index (χ3n) is 5.64. The van der Waals surface area contributed by atoms with Gasteiger partial charge in [-0.25, -0.2) is 28.1 Å². The Morgan fingerprint density at radius 3 is 2.05 bits per heavy atom. The molecule has 1 aromatic heterocycles. The highest BCUT2D eigenvalue weighted by Gasteiger charge is 2.61. The molecule has 0 aromatic carbocycles. The fourth-order valence-electron chi connectivity index (χ4n) is 3.62. The first-order chi connectivity index (χ1) is 18.8. The Morgan fingerprint density at radius 1 is 1.12 bits per heavy atom. The Labute approximate surface area is 233 Å². The SMILES string of the molecule is CC(C)OC(=O)C(C)NP(=O)(NC(C)C(=O)OC(C)C)OC[C@@]1(C(F)F)O[C@@H](n2cc(F)c(N)nc2=O)[C@H](O)[C@@H]1O. The van der Waals surface area contributed by atoms with Gasteiger partial charge in [-0.2, -0.15) is 4.98 Å². The summed E-state index contributed by atoms with van der Waals surface area (Å²) in [4.78, 5) is 40.0. The van der Waals surface area contributed by atoms with Crippen LogP contribution in [0, 0.1) is 5.82 Å². The van der Waals surface area contributed by atoms with Crippen LogP contribution in [0.3, 0.4) is 0 Å². The topological polar surface area (TPSA) is 214 Å². The third kappa shape index (κ3) is 8.24. The van der Waals surface area contributed by atoms with Crippen molar-refractivity contribution in [1.82, 2.24) is 19.7 Å². The number of nitrogens with two attached hydrogens (primary N) is 1. The van der Waals surface area contributed by atoms with Gasteiger partial charge in [-0.1, -0.05) is 0 Å². The molecule has 1 fully saturated rings. The molecular weight excluding hydrogens is 582 g/mol. The number of esters is 2. The number of halogens is 3. The van der Waals surface area contributed by atoms with E-state index >= 15 is 0 Å². The minimum atomic E-state index is -4.69. The summed E-state index contributed by atoms with van der Waals surface area (Å²) < 4.78 is 77.4. The van der Waals surface area contributed by atoms with Crippen molar-refractivity contribution in [1.29, 1.82) is 0 Å². The fourth-order valence-corrected chi connectivity index (χ4v) is 5.46. The van der Waals surface area contributed by atoms with Crippen molar-refractivity contribution in [2.45, 2.75) is 96.3 Å². The first kappa shape index (κ1) is 34.6. The Kier molecular flexibility index (Phi) is 11.5. The van der Waals surface area contributed by atoms with Crippen LogP contribution in [0.4, 0.5) is 19.0 Å². The summed E-state index contributed by atoms with van der Waals surface area (Å²) in [6.45, 7) is 7.19. The molecule has 1 saturated heterocycles. The van der Waals surface area contributed by atoms with E-state index in [0.29, 0.717) is 10.8 Å². The predicted molar refractivity (Wildman–Crippen MR) is 135 cm³/mol. The second-order valence-corrected chi connectivity index (χ2v) is 11.7. The summed E-state index contributed by atoms with van der Waals surface area (Å²) in [5.74, 6) is -3.87. The number of hydrogen-bond acceptors (Lipinski definition) is 12. The highest BCUT2D eigenvalue weighted by Crippen LogP contribution is 2.46. The molecule has 41 heavy (non-hydrogen) atoms. The second kappa shape index (κ2) is 13.6. The Balaban J connectivity index is 2.41. The maximum atomic E-state index is 14.4. The predicted octanol–water partition coefficient (Wildman–Crippen LogP) is 0.203. The zero-order chi connectivity index (χ0) is 31.4. The molecule has 1 aliphatic heterocycles. The Morgan fingerprint density at radius 2 is 1.61 bits per heavy atom. The quantitative estimate of drug-likeness (QED) is 0.148. The van der Waals surface area contributed by atoms with E-state index in [9.17, 15) is 42.3 Å². The molecule has 6 atom stereocenters. The maximum Gasteiger partial charge on any atom is 0.351 e. The van der Waals surface area contributed by atoms with Crippen LogP contribution in [0.15, 0.2) is 11.0 Å². The minimum absolute atomic E-state index is 0.299. The number of aromatic nitrogens is 2. The Bertz CT molecular complexity index is 1170. The highest BCUT2D eigenvalue weighted by atomic mass is 31.2. The summed E-state index contributed by atoms with van der Waals surface area (Å²) in [5, 5.41) is 25.6. The van der Waals surface area contributed by atoms with Crippen molar-refractivity contribution in [3.05, 3.63) is 22.5 Å². The van der Waals surface area contributed by atoms with E-state index < -0.39 is 98.3 Å². The van der Waals surface area contributed by atoms with Crippen molar-refractivity contribution in [2.75, 3.05) is 12.3 Å². The molecule has 0 radical (unpaired) electrons. The van der Waals surface area contributed by atoms with Gasteiger partial charge >= 0.3 is 25.3 Å². The van der Waals surface area contributed by atoms with Gasteiger partial charge in [0.15, 0.2) is 23.5 Å². The molecule has 0 spiro atoms. The van der Waals surface area contributed by atoms with Gasteiger partial charge in [0.25, 0.3) is 6.43 Å². The number of carbonyl (C=O) groups is 2. The maximum absolute atomic E-state index is 14.4. The van der Waals surface area contributed by atoms with Gasteiger partial charge in [0.1, 0.15) is 24.3 Å². The molecule has 0 bridgehead atoms. The van der Waals surface area contributed by atoms with Gasteiger partial charge in [-0.05, 0) is 41.5 Å². The monoisotopic (exact) mass is 617 g/mol. The van der Waals surface area contributed by atoms with E-state index in [1.807, 2.05) is 0 Å². The van der Waals surface area contributed by atoms with Crippen LogP contribution < -0.4 is 21.6 Å². The van der Waals surface area contributed by atoms with Crippen molar-refractivity contribution < 1.29 is 56.3 Å². The van der Waals surface area contributed by atoms with E-state index in [2.05, 4.69) is 15.2 Å². The molecule has 2 rings (SSSR count). The lowest BCUT2D eigenvalue weighted by molar-refractivity contribution is -0.192. The van der Waals surface area contributed by atoms with E-state index in [1.165, 1.54) is 13.8 Å². The summed E-state index contributed by atoms with van der Waals surface area (Å²) in [6.07, 6.45) is -11.2. The minimum Gasteiger partial charge on any atom is -0.462 e. The first-order valence-electron chi connectivity index (χ1n) is 12.4. The molecule has 15 nitrogen and oxygen atoms in total. The van der Waals surface area contributed by atoms with Crippen LogP contribution in [0.2, 0.25) is 0 Å². The fraction of sp³-hybridized carbons (Fsp3) is 0.727. The molecule has 234 valence electrons. The largest absolute Gasteiger partial charge is 0.462 e. The summed E-state index contributed by atoms with van der Waals surface area (Å²) in [5.41, 5.74) is 0.774. The van der Waals surface area contributed by atoms with Gasteiger partial charge in [0.05, 0.1) is 25.0 Å². The number of aliphatic hydroxyl groups excluding tert-OH is 2. The van der Waals surface area contributed by atoms with Gasteiger partial charge in [-0.15, -0.1) is 0 Å². The lowest BCUT2D eigenvalue weighted by atomic mass is 9.96. The lowest BCUT2D eigenvalue weighted by Gasteiger charge is -2.33. The molecule has 0 amide bonds. The Hall–Kier alpha value is -2.60. The van der Waals surface area contributed by atoms with Crippen molar-refractivity contribution in [3.8, 4) is 0 Å². The van der Waals surface area contributed by atoms with Crippen molar-refractivity contribution in [3.63, 3.8) is 0 Å². The summed E-state index contributed by atoms with van der Waals surface area (Å²) in [7, 11) is -4.69. The van der Waals surface area contributed by atoms with E-state index in [-0.39, 0.29) is 0 Å². The standard InChI is InChI=1S/C22H35F3N5O10P/c1-9(2)38-18(33)11(5)28-41(36,29-12(6)19(34)39-10(3)4)37-8-22(20(24)25)15(32)14(31)17(40-22)30-7-13(23)16(26)27-21(30)35/h7,9-12,14-15,17,20,31-32H,8H2,1-6H3,(H2,26,27,35)(H2,28,29,36)/t11?,12?,14-,15+,17-,22-,41?/m1/s1. The number of hydrogen-bond donors (Lipinski definition) is 5. The van der Waals surface area contributed by atoms with Gasteiger partial charge in [0.2, 0.25) is 0 Å². The molecule has 1 aromatic rings. The number of alkyl halides is 2. The smallest absolute Gasteiger partial charge is 0.351 e. The summed E-state index contributed by atoms with van der Waals surface area (Å²) >= 11 is 0. The second-order valence-electron chi connectivity index (χ2n) is 9.86. The van der Waals surface area contributed by atoms with E-state index in [4.69, 9.17) is 24.5 Å². The van der Waals surface area contributed by atoms with Crippen LogP contribution >= 0.6 is 7.67 Å². The third-order valence-corrected chi connectivity index (χ3v) is 7.59. The number of anilines is 1. The van der Waals surface area contributed by atoms with Crippen LogP contribution in [0.1, 0.15) is 47.8 Å². The average Bonchev–Trinajstić information content (AvgIpc) is 3.10. The zero-order valence-electron chi connectivity index (χ0n) is 23.1. The van der Waals surface area contributed by atoms with Crippen LogP contribution in [-0.2, 0) is 32.9 Å². The molecule has 2 unspecified atom stereocenters.